The monoisotopic (exact) mass is 363 g/mol. The molecule has 0 saturated carbocycles. The average molecular weight is 363 g/mol. The summed E-state index contributed by atoms with van der Waals surface area (Å²) in [6.45, 7) is 6.06. The number of benzene rings is 1. The van der Waals surface area contributed by atoms with E-state index in [0.717, 1.165) is 5.76 Å². The van der Waals surface area contributed by atoms with E-state index in [-0.39, 0.29) is 10.5 Å². The van der Waals surface area contributed by atoms with Gasteiger partial charge in [0.25, 0.3) is 5.91 Å². The topological polar surface area (TPSA) is 92.0 Å². The number of furan rings is 1. The first kappa shape index (κ1) is 18.9. The van der Waals surface area contributed by atoms with E-state index in [4.69, 9.17) is 4.42 Å². The van der Waals surface area contributed by atoms with Crippen LogP contribution in [0.1, 0.15) is 35.7 Å². The zero-order valence-electron chi connectivity index (χ0n) is 14.4. The fourth-order valence-electron chi connectivity index (χ4n) is 2.25. The predicted octanol–water partition coefficient (Wildman–Crippen LogP) is 2.38. The van der Waals surface area contributed by atoms with E-state index in [9.17, 15) is 13.2 Å². The van der Waals surface area contributed by atoms with Crippen LogP contribution >= 0.6 is 0 Å². The molecule has 1 heterocycles. The highest BCUT2D eigenvalue weighted by atomic mass is 32.2. The molecule has 1 aromatic carbocycles. The van der Waals surface area contributed by atoms with Crippen molar-refractivity contribution in [2.45, 2.75) is 25.7 Å². The molecular weight excluding hydrogens is 342 g/mol. The van der Waals surface area contributed by atoms with Gasteiger partial charge in [0, 0.05) is 18.7 Å². The Bertz CT molecular complexity index is 868. The van der Waals surface area contributed by atoms with Crippen molar-refractivity contribution in [3.8, 4) is 0 Å². The molecule has 2 rings (SSSR count). The minimum Gasteiger partial charge on any atom is -0.460 e. The van der Waals surface area contributed by atoms with Crippen LogP contribution in [0.15, 0.2) is 50.8 Å². The molecule has 0 unspecified atom stereocenters. The number of hydrogen-bond acceptors (Lipinski definition) is 5. The Kier molecular flexibility index (Phi) is 6.11. The number of nitrogens with zero attached hydrogens (tertiary/aromatic N) is 2. The van der Waals surface area contributed by atoms with Crippen LogP contribution in [0, 0.1) is 6.92 Å². The van der Waals surface area contributed by atoms with E-state index in [1.54, 1.807) is 32.9 Å². The van der Waals surface area contributed by atoms with Gasteiger partial charge in [0.05, 0.1) is 11.1 Å². The lowest BCUT2D eigenvalue weighted by Crippen LogP contribution is -2.30. The van der Waals surface area contributed by atoms with Gasteiger partial charge in [-0.15, -0.1) is 0 Å². The van der Waals surface area contributed by atoms with Crippen LogP contribution in [-0.2, 0) is 10.0 Å². The quantitative estimate of drug-likeness (QED) is 0.604. The molecule has 0 radical (unpaired) electrons. The zero-order valence-corrected chi connectivity index (χ0v) is 15.2. The number of carbonyl (C=O) groups is 1. The van der Waals surface area contributed by atoms with Gasteiger partial charge in [-0.05, 0) is 37.3 Å². The second-order valence-corrected chi connectivity index (χ2v) is 7.20. The summed E-state index contributed by atoms with van der Waals surface area (Å²) in [4.78, 5) is 12.2. The molecule has 0 aliphatic heterocycles. The molecule has 0 atom stereocenters. The molecule has 1 N–H and O–H groups in total. The lowest BCUT2D eigenvalue weighted by molar-refractivity contribution is 0.0955. The molecule has 0 spiro atoms. The number of nitrogens with one attached hydrogen (secondary N) is 1. The fourth-order valence-corrected chi connectivity index (χ4v) is 3.76. The molecule has 7 nitrogen and oxygen atoms in total. The third-order valence-corrected chi connectivity index (χ3v) is 5.60. The third-order valence-electron chi connectivity index (χ3n) is 3.56. The van der Waals surface area contributed by atoms with E-state index < -0.39 is 15.9 Å². The molecule has 0 bridgehead atoms. The normalized spacial score (nSPS) is 12.0. The van der Waals surface area contributed by atoms with Crippen molar-refractivity contribution in [1.29, 1.82) is 0 Å². The van der Waals surface area contributed by atoms with Crippen LogP contribution in [0.4, 0.5) is 0 Å². The second-order valence-electron chi connectivity index (χ2n) is 5.26. The molecular formula is C17H21N3O4S. The smallest absolute Gasteiger partial charge is 0.271 e. The summed E-state index contributed by atoms with van der Waals surface area (Å²) in [6.07, 6.45) is 1.38. The molecule has 1 aromatic heterocycles. The Morgan fingerprint density at radius 2 is 1.96 bits per heavy atom. The first-order chi connectivity index (χ1) is 11.9. The van der Waals surface area contributed by atoms with Crippen molar-refractivity contribution in [2.24, 2.45) is 5.10 Å². The standard InChI is InChI=1S/C17H21N3O4S/c1-4-20(5-2)25(22,23)16-8-6-7-14(11-16)17(21)19-18-12-15-10-9-13(3)24-15/h6-12H,4-5H2,1-3H3,(H,19,21). The van der Waals surface area contributed by atoms with E-state index in [0.29, 0.717) is 18.8 Å². The summed E-state index contributed by atoms with van der Waals surface area (Å²) < 4.78 is 31.7. The van der Waals surface area contributed by atoms with Gasteiger partial charge in [0.2, 0.25) is 10.0 Å². The molecule has 0 saturated heterocycles. The van der Waals surface area contributed by atoms with Gasteiger partial charge < -0.3 is 4.42 Å². The minimum atomic E-state index is -3.62. The summed E-state index contributed by atoms with van der Waals surface area (Å²) in [5.74, 6) is 0.744. The Morgan fingerprint density at radius 1 is 1.24 bits per heavy atom. The van der Waals surface area contributed by atoms with Crippen molar-refractivity contribution in [1.82, 2.24) is 9.73 Å². The van der Waals surface area contributed by atoms with Crippen molar-refractivity contribution in [2.75, 3.05) is 13.1 Å². The largest absolute Gasteiger partial charge is 0.460 e. The van der Waals surface area contributed by atoms with Gasteiger partial charge in [-0.1, -0.05) is 19.9 Å². The first-order valence-electron chi connectivity index (χ1n) is 7.88. The number of hydrogen-bond donors (Lipinski definition) is 1. The summed E-state index contributed by atoms with van der Waals surface area (Å²) >= 11 is 0. The lowest BCUT2D eigenvalue weighted by Gasteiger charge is -2.18. The van der Waals surface area contributed by atoms with Gasteiger partial charge in [-0.2, -0.15) is 9.41 Å². The maximum absolute atomic E-state index is 12.5. The number of sulfonamides is 1. The van der Waals surface area contributed by atoms with Crippen molar-refractivity contribution in [3.05, 3.63) is 53.5 Å². The van der Waals surface area contributed by atoms with Crippen LogP contribution in [0.5, 0.6) is 0 Å². The molecule has 8 heteroatoms. The van der Waals surface area contributed by atoms with Gasteiger partial charge in [0.1, 0.15) is 11.5 Å². The van der Waals surface area contributed by atoms with Gasteiger partial charge in [0.15, 0.2) is 0 Å². The summed E-state index contributed by atoms with van der Waals surface area (Å²) in [6, 6.07) is 9.38. The summed E-state index contributed by atoms with van der Waals surface area (Å²) in [7, 11) is -3.62. The molecule has 0 fully saturated rings. The second kappa shape index (κ2) is 8.09. The van der Waals surface area contributed by atoms with E-state index >= 15 is 0 Å². The Morgan fingerprint density at radius 3 is 2.56 bits per heavy atom. The fraction of sp³-hybridized carbons (Fsp3) is 0.294. The number of hydrazone groups is 1. The third kappa shape index (κ3) is 4.55. The SMILES string of the molecule is CCN(CC)S(=O)(=O)c1cccc(C(=O)NN=Cc2ccc(C)o2)c1. The predicted molar refractivity (Wildman–Crippen MR) is 95.1 cm³/mol. The lowest BCUT2D eigenvalue weighted by atomic mass is 10.2. The van der Waals surface area contributed by atoms with Gasteiger partial charge in [-0.3, -0.25) is 4.79 Å². The minimum absolute atomic E-state index is 0.0782. The van der Waals surface area contributed by atoms with Gasteiger partial charge >= 0.3 is 0 Å². The Labute approximate surface area is 147 Å². The average Bonchev–Trinajstić information content (AvgIpc) is 3.01. The van der Waals surface area contributed by atoms with Crippen LogP contribution in [0.3, 0.4) is 0 Å². The highest BCUT2D eigenvalue weighted by Crippen LogP contribution is 2.17. The van der Waals surface area contributed by atoms with Crippen LogP contribution in [0.25, 0.3) is 0 Å². The summed E-state index contributed by atoms with van der Waals surface area (Å²) in [5.41, 5.74) is 2.56. The van der Waals surface area contributed by atoms with Gasteiger partial charge in [-0.25, -0.2) is 13.8 Å². The van der Waals surface area contributed by atoms with Crippen LogP contribution in [0.2, 0.25) is 0 Å². The number of carbonyl (C=O) groups excluding carboxylic acids is 1. The first-order valence-corrected chi connectivity index (χ1v) is 9.32. The van der Waals surface area contributed by atoms with Crippen molar-refractivity contribution < 1.29 is 17.6 Å². The highest BCUT2D eigenvalue weighted by Gasteiger charge is 2.22. The summed E-state index contributed by atoms with van der Waals surface area (Å²) in [5, 5.41) is 3.81. The molecule has 134 valence electrons. The van der Waals surface area contributed by atoms with E-state index in [1.165, 1.54) is 34.8 Å². The Hall–Kier alpha value is -2.45. The number of aryl methyl sites for hydroxylation is 1. The van der Waals surface area contributed by atoms with Crippen molar-refractivity contribution in [3.63, 3.8) is 0 Å². The highest BCUT2D eigenvalue weighted by molar-refractivity contribution is 7.89. The molecule has 1 amide bonds. The number of amides is 1. The molecule has 2 aromatic rings. The van der Waals surface area contributed by atoms with E-state index in [2.05, 4.69) is 10.5 Å². The van der Waals surface area contributed by atoms with E-state index in [1.807, 2.05) is 0 Å². The number of rotatable bonds is 7. The molecule has 0 aliphatic carbocycles. The molecule has 0 aliphatic rings. The maximum atomic E-state index is 12.5. The zero-order chi connectivity index (χ0) is 18.4. The van der Waals surface area contributed by atoms with Crippen LogP contribution in [-0.4, -0.2) is 37.9 Å². The van der Waals surface area contributed by atoms with Crippen molar-refractivity contribution >= 4 is 22.1 Å². The maximum Gasteiger partial charge on any atom is 0.271 e. The molecule has 25 heavy (non-hydrogen) atoms. The Balaban J connectivity index is 2.15. The van der Waals surface area contributed by atoms with Crippen LogP contribution < -0.4 is 5.43 Å².